The first kappa shape index (κ1) is 121. The zero-order valence-electron chi connectivity index (χ0n) is 86.2. The van der Waals surface area contributed by atoms with Gasteiger partial charge >= 0.3 is 0 Å². The second-order valence-electron chi connectivity index (χ2n) is 34.4. The van der Waals surface area contributed by atoms with Crippen LogP contribution in [0.1, 0.15) is 266 Å². The summed E-state index contributed by atoms with van der Waals surface area (Å²) in [7, 11) is 0. The molecule has 1 saturated carbocycles. The van der Waals surface area contributed by atoms with Gasteiger partial charge in [0.25, 0.3) is 0 Å². The molecule has 722 valence electrons. The molecule has 8 atom stereocenters. The Morgan fingerprint density at radius 3 is 1.43 bits per heavy atom. The Labute approximate surface area is 809 Å². The summed E-state index contributed by atoms with van der Waals surface area (Å²) in [5, 5.41) is 25.1. The number of allylic oxidation sites excluding steroid dienone is 16. The number of ether oxygens (including phenoxy) is 3. The average molecular weight is 1850 g/mol. The molecule has 17 rings (SSSR count). The Morgan fingerprint density at radius 1 is 0.496 bits per heavy atom. The van der Waals surface area contributed by atoms with Crippen LogP contribution in [-0.4, -0.2) is 76.4 Å². The Kier molecular flexibility index (Phi) is 66.7. The van der Waals surface area contributed by atoms with Crippen molar-refractivity contribution in [2.24, 2.45) is 29.6 Å². The highest BCUT2D eigenvalue weighted by Crippen LogP contribution is 2.31. The number of pyridine rings is 1. The fourth-order valence-corrected chi connectivity index (χ4v) is 13.7. The van der Waals surface area contributed by atoms with Crippen LogP contribution in [-0.2, 0) is 14.2 Å². The van der Waals surface area contributed by atoms with Gasteiger partial charge in [0.1, 0.15) is 24.1 Å². The van der Waals surface area contributed by atoms with Crippen LogP contribution in [0.5, 0.6) is 0 Å². The zero-order chi connectivity index (χ0) is 97.5. The highest BCUT2D eigenvalue weighted by atomic mass is 32.2. The maximum atomic E-state index is 5.27. The first-order valence-electron chi connectivity index (χ1n) is 46.2. The monoisotopic (exact) mass is 1850 g/mol. The molecule has 4 fully saturated rings. The number of aryl methyl sites for hydroxylation is 16. The molecule has 3 saturated heterocycles. The number of rotatable bonds is 0. The third-order valence-corrected chi connectivity index (χ3v) is 27.3. The van der Waals surface area contributed by atoms with Crippen LogP contribution in [0.2, 0.25) is 0 Å². The number of hydrogen-bond donors (Lipinski definition) is 5. The second-order valence-corrected chi connectivity index (χ2v) is 38.1. The standard InChI is InChI=1S/C8H11N.C8H10O.C8H10.C7H9N.C7H14.C7H10.3C6H8N2.C6H9NO.C6H9NS.C6H13N.C6H9N.C6H12O.C6H8O.C6H12S.C6H8S.CH4/c2*1-7-4-3-5-9-6-8(7)2;1-7-5-3-4-6-8(7)2;1-6-4-3-5-8-7(6)2;2*1-6-4-3-5-7(6)2;1-5-3-7-4-8-6(5)2;1-5-6(2)8-4-3-7-5;1-5-3-4-7-8-6(5)2;2*1-5-6(2)8-4-3-7-5;6*1-5-3-4-7-6(5)2;/h3-6,9H,1-2H3;3-6H,1-2H3;3-6H,1-2H3;3-5H,1-2H3;6-7H,3-5H2,1-2H3;3-4H,5H2,1-2H3;3*3-4H,1-2H3;2*3-4,7H,1-2H3;5-7H,3-4H2,1-2H3;3-4,7H,1-2H3;5-6H,3-4H2,1-2H3;3-4H,1-2H3;5-6H,3-4H2,1-2H3;3-4H,1-2H3;1H4. The highest BCUT2D eigenvalue weighted by molar-refractivity contribution is 8.05. The molecule has 131 heavy (non-hydrogen) atoms. The van der Waals surface area contributed by atoms with Gasteiger partial charge in [-0.1, -0.05) is 146 Å². The summed E-state index contributed by atoms with van der Waals surface area (Å²) in [5.41, 5.74) is 27.1. The van der Waals surface area contributed by atoms with Gasteiger partial charge < -0.3 is 44.9 Å². The van der Waals surface area contributed by atoms with Crippen LogP contribution in [0.25, 0.3) is 0 Å². The molecular formula is C112H172N12O4S3. The number of furan rings is 1. The number of nitrogens with zero attached hydrogens (tertiary/aromatic N) is 7. The van der Waals surface area contributed by atoms with E-state index in [1.165, 1.54) is 151 Å². The predicted octanol–water partition coefficient (Wildman–Crippen LogP) is 30.8. The predicted molar refractivity (Wildman–Crippen MR) is 571 cm³/mol. The van der Waals surface area contributed by atoms with Gasteiger partial charge in [-0.3, -0.25) is 15.0 Å². The molecule has 19 heteroatoms. The Hall–Kier alpha value is -9.63. The van der Waals surface area contributed by atoms with E-state index in [9.17, 15) is 0 Å². The van der Waals surface area contributed by atoms with Gasteiger partial charge in [-0.2, -0.15) is 22.0 Å². The molecule has 8 unspecified atom stereocenters. The van der Waals surface area contributed by atoms with Crippen LogP contribution in [0.15, 0.2) is 261 Å². The van der Waals surface area contributed by atoms with E-state index in [-0.39, 0.29) is 7.43 Å². The molecule has 0 bridgehead atoms. The lowest BCUT2D eigenvalue weighted by Crippen LogP contribution is -2.20. The molecule has 2 aliphatic carbocycles. The van der Waals surface area contributed by atoms with E-state index < -0.39 is 0 Å². The quantitative estimate of drug-likeness (QED) is 0.0961. The lowest BCUT2D eigenvalue weighted by molar-refractivity contribution is 0.109. The maximum absolute atomic E-state index is 5.27. The van der Waals surface area contributed by atoms with E-state index in [1.54, 1.807) is 79.3 Å². The van der Waals surface area contributed by atoms with E-state index in [0.717, 1.165) is 98.7 Å². The molecular weight excluding hydrogens is 1670 g/mol. The summed E-state index contributed by atoms with van der Waals surface area (Å²) in [6.07, 6.45) is 49.1. The average Bonchev–Trinajstić information content (AvgIpc) is 1.50. The number of nitrogens with one attached hydrogen (secondary N) is 5. The number of hydrogen-bond acceptors (Lipinski definition) is 18. The topological polar surface area (TPSA) is 195 Å². The van der Waals surface area contributed by atoms with Gasteiger partial charge in [-0.25, -0.2) is 9.97 Å². The molecule has 5 N–H and O–H groups in total. The number of aromatic nitrogens is 8. The number of aromatic amines is 1. The molecule has 8 aromatic rings. The van der Waals surface area contributed by atoms with Gasteiger partial charge in [-0.05, 0) is 382 Å². The highest BCUT2D eigenvalue weighted by Gasteiger charge is 2.20. The molecule has 14 heterocycles. The SMILES string of the molecule is C.CC1=C(C)CC=C1.CC1=C(C)OC=CN1.CC1=C(C)SC=CN1.CC1=CC=CNC=C1C.CC1=CC=COC=C1C.CC1CCCC1C.CC1CCNC1C.CC1CCOC1C.CC1CCSC1C.Cc1cc[nH]c1C.Cc1ccccc1C.Cc1cccnc1C.Cc1ccnnc1C.Cc1ccoc1C.Cc1ccsc1C.Cc1cncnc1C.Cc1nccnc1C. The smallest absolute Gasteiger partial charge is 0.119 e. The van der Waals surface area contributed by atoms with Crippen LogP contribution >= 0.6 is 34.9 Å². The van der Waals surface area contributed by atoms with Gasteiger partial charge in [0, 0.05) is 112 Å². The number of thiophene rings is 1. The summed E-state index contributed by atoms with van der Waals surface area (Å²) in [4.78, 5) is 25.8. The minimum atomic E-state index is 0. The van der Waals surface area contributed by atoms with E-state index >= 15 is 0 Å². The van der Waals surface area contributed by atoms with Crippen LogP contribution in [0.4, 0.5) is 0 Å². The van der Waals surface area contributed by atoms with Gasteiger partial charge in [0.2, 0.25) is 0 Å². The van der Waals surface area contributed by atoms with Crippen LogP contribution in [0.3, 0.4) is 0 Å². The molecule has 16 nitrogen and oxygen atoms in total. The zero-order valence-corrected chi connectivity index (χ0v) is 88.7. The minimum absolute atomic E-state index is 0. The summed E-state index contributed by atoms with van der Waals surface area (Å²) in [6.45, 7) is 73.7. The molecule has 0 spiro atoms. The summed E-state index contributed by atoms with van der Waals surface area (Å²) in [5.74, 6) is 8.04. The second kappa shape index (κ2) is 72.0. The van der Waals surface area contributed by atoms with Crippen molar-refractivity contribution in [3.05, 3.63) is 346 Å². The molecule has 7 aromatic heterocycles. The summed E-state index contributed by atoms with van der Waals surface area (Å²) in [6, 6.07) is 21.2. The summed E-state index contributed by atoms with van der Waals surface area (Å²) < 4.78 is 20.2. The fourth-order valence-electron chi connectivity index (χ4n) is 11.0. The number of thioether (sulfide) groups is 2. The summed E-state index contributed by atoms with van der Waals surface area (Å²) >= 11 is 5.67. The van der Waals surface area contributed by atoms with E-state index in [0.29, 0.717) is 6.10 Å². The fraction of sp³-hybridized carbons (Fsp3) is 0.473. The largest absolute Gasteiger partial charge is 0.472 e. The van der Waals surface area contributed by atoms with E-state index in [1.807, 2.05) is 162 Å². The Balaban J connectivity index is 0.00000137. The van der Waals surface area contributed by atoms with Crippen molar-refractivity contribution in [1.82, 2.24) is 61.4 Å². The van der Waals surface area contributed by atoms with Crippen molar-refractivity contribution in [2.45, 2.75) is 305 Å². The first-order valence-corrected chi connectivity index (χ1v) is 49.0. The molecule has 7 aliphatic heterocycles. The van der Waals surface area contributed by atoms with Crippen LogP contribution < -0.4 is 21.3 Å². The third-order valence-electron chi connectivity index (χ3n) is 23.9. The minimum Gasteiger partial charge on any atom is -0.472 e. The van der Waals surface area contributed by atoms with Crippen LogP contribution in [0, 0.1) is 140 Å². The molecule has 9 aliphatic rings. The van der Waals surface area contributed by atoms with Gasteiger partial charge in [0.05, 0.1) is 47.7 Å². The van der Waals surface area contributed by atoms with Crippen molar-refractivity contribution >= 4 is 34.9 Å². The van der Waals surface area contributed by atoms with Crippen molar-refractivity contribution in [3.63, 3.8) is 0 Å². The normalized spacial score (nSPS) is 19.0. The molecule has 0 radical (unpaired) electrons. The van der Waals surface area contributed by atoms with Gasteiger partial charge in [0.15, 0.2) is 0 Å². The molecule has 1 aromatic carbocycles. The number of H-pyrrole nitrogens is 1. The maximum Gasteiger partial charge on any atom is 0.119 e. The van der Waals surface area contributed by atoms with E-state index in [2.05, 4.69) is 292 Å². The van der Waals surface area contributed by atoms with Crippen molar-refractivity contribution < 1.29 is 18.6 Å². The lowest BCUT2D eigenvalue weighted by atomic mass is 10.0. The Bertz CT molecular complexity index is 4120. The van der Waals surface area contributed by atoms with Crippen molar-refractivity contribution in [2.75, 3.05) is 18.9 Å². The Morgan fingerprint density at radius 2 is 1.11 bits per heavy atom. The van der Waals surface area contributed by atoms with E-state index in [4.69, 9.17) is 18.6 Å². The third kappa shape index (κ3) is 57.4. The van der Waals surface area contributed by atoms with Crippen molar-refractivity contribution in [3.8, 4) is 0 Å². The van der Waals surface area contributed by atoms with Gasteiger partial charge in [-0.15, -0.1) is 11.3 Å². The number of benzene rings is 1. The first-order chi connectivity index (χ1) is 61.7. The van der Waals surface area contributed by atoms with Crippen molar-refractivity contribution in [1.29, 1.82) is 0 Å². The molecule has 0 amide bonds. The lowest BCUT2D eigenvalue weighted by Gasteiger charge is -2.10.